The van der Waals surface area contributed by atoms with Crippen LogP contribution in [0, 0.1) is 0 Å². The summed E-state index contributed by atoms with van der Waals surface area (Å²) in [6, 6.07) is 6.50. The molecular formula is C37H56O15. The molecule has 4 rings (SSSR count). The highest BCUT2D eigenvalue weighted by Gasteiger charge is 2.52. The molecule has 1 aromatic carbocycles. The average Bonchev–Trinajstić information content (AvgIpc) is 3.10. The molecule has 0 amide bonds. The molecule has 3 saturated heterocycles. The third kappa shape index (κ3) is 10.7. The van der Waals surface area contributed by atoms with E-state index in [4.69, 9.17) is 33.2 Å². The Morgan fingerprint density at radius 1 is 0.769 bits per heavy atom. The van der Waals surface area contributed by atoms with Crippen LogP contribution >= 0.6 is 0 Å². The SMILES string of the molecule is C=C[C@](C)(CCC=C(C)C)O[C@@H]1O[C@H](CO[C@@H]2O[C@@H](C)[C@H](OC/C=C\c3ccc(O)cc3)[C@@H](O[C@@H]3O[C@@H](C)[C@H](O)[C@@H](O)[C@H]3O)[C@H]2O)[C@@H](O)[C@H](O)[C@H]1O. The average molecular weight is 741 g/mol. The maximum atomic E-state index is 11.5. The normalized spacial score (nSPS) is 39.6. The zero-order chi connectivity index (χ0) is 38.3. The van der Waals surface area contributed by atoms with E-state index < -0.39 is 104 Å². The van der Waals surface area contributed by atoms with Crippen LogP contribution < -0.4 is 0 Å². The molecule has 8 N–H and O–H groups in total. The summed E-state index contributed by atoms with van der Waals surface area (Å²) in [7, 11) is 0. The quantitative estimate of drug-likeness (QED) is 0.116. The molecule has 16 atom stereocenters. The van der Waals surface area contributed by atoms with Crippen LogP contribution in [0.25, 0.3) is 6.08 Å². The number of rotatable bonds is 15. The molecule has 0 bridgehead atoms. The van der Waals surface area contributed by atoms with Crippen molar-refractivity contribution < 1.29 is 74.0 Å². The van der Waals surface area contributed by atoms with Gasteiger partial charge in [-0.05, 0) is 65.2 Å². The topological polar surface area (TPSA) is 226 Å². The first-order chi connectivity index (χ1) is 24.5. The zero-order valence-corrected chi connectivity index (χ0v) is 30.3. The van der Waals surface area contributed by atoms with E-state index in [1.165, 1.54) is 6.92 Å². The minimum atomic E-state index is -1.68. The largest absolute Gasteiger partial charge is 0.508 e. The van der Waals surface area contributed by atoms with E-state index in [0.717, 1.165) is 11.1 Å². The number of phenolic OH excluding ortho intramolecular Hbond substituents is 1. The molecule has 0 saturated carbocycles. The lowest BCUT2D eigenvalue weighted by atomic mass is 9.96. The molecule has 0 spiro atoms. The van der Waals surface area contributed by atoms with Crippen molar-refractivity contribution in [3.05, 3.63) is 60.2 Å². The van der Waals surface area contributed by atoms with Gasteiger partial charge in [0.2, 0.25) is 0 Å². The van der Waals surface area contributed by atoms with Crippen molar-refractivity contribution in [2.75, 3.05) is 13.2 Å². The summed E-state index contributed by atoms with van der Waals surface area (Å²) in [4.78, 5) is 0. The number of ether oxygens (including phenoxy) is 7. The lowest BCUT2D eigenvalue weighted by Crippen LogP contribution is -2.64. The number of hydrogen-bond acceptors (Lipinski definition) is 15. The summed E-state index contributed by atoms with van der Waals surface area (Å²) >= 11 is 0. The molecule has 3 heterocycles. The van der Waals surface area contributed by atoms with Crippen LogP contribution in [0.3, 0.4) is 0 Å². The van der Waals surface area contributed by atoms with Crippen molar-refractivity contribution in [2.24, 2.45) is 0 Å². The fourth-order valence-corrected chi connectivity index (χ4v) is 6.19. The zero-order valence-electron chi connectivity index (χ0n) is 30.3. The highest BCUT2D eigenvalue weighted by molar-refractivity contribution is 5.50. The third-order valence-corrected chi connectivity index (χ3v) is 9.54. The Morgan fingerprint density at radius 2 is 1.40 bits per heavy atom. The Labute approximate surface area is 304 Å². The molecule has 15 heteroatoms. The van der Waals surface area contributed by atoms with Crippen LogP contribution in [-0.4, -0.2) is 152 Å². The van der Waals surface area contributed by atoms with E-state index in [1.807, 2.05) is 19.9 Å². The van der Waals surface area contributed by atoms with E-state index in [0.29, 0.717) is 12.8 Å². The second-order valence-corrected chi connectivity index (χ2v) is 14.1. The fraction of sp³-hybridized carbons (Fsp3) is 0.676. The molecular weight excluding hydrogens is 684 g/mol. The van der Waals surface area contributed by atoms with Gasteiger partial charge in [-0.25, -0.2) is 0 Å². The van der Waals surface area contributed by atoms with Gasteiger partial charge in [0.1, 0.15) is 66.8 Å². The highest BCUT2D eigenvalue weighted by atomic mass is 16.8. The van der Waals surface area contributed by atoms with Gasteiger partial charge < -0.3 is 74.0 Å². The molecule has 3 aliphatic heterocycles. The van der Waals surface area contributed by atoms with E-state index in [9.17, 15) is 40.9 Å². The number of aromatic hydroxyl groups is 1. The predicted molar refractivity (Wildman–Crippen MR) is 185 cm³/mol. The minimum absolute atomic E-state index is 0.0326. The predicted octanol–water partition coefficient (Wildman–Crippen LogP) is 0.641. The number of allylic oxidation sites excluding steroid dienone is 2. The molecule has 3 fully saturated rings. The highest BCUT2D eigenvalue weighted by Crippen LogP contribution is 2.33. The minimum Gasteiger partial charge on any atom is -0.508 e. The fourth-order valence-electron chi connectivity index (χ4n) is 6.19. The molecule has 294 valence electrons. The monoisotopic (exact) mass is 740 g/mol. The van der Waals surface area contributed by atoms with E-state index in [2.05, 4.69) is 6.58 Å². The molecule has 0 aromatic heterocycles. The van der Waals surface area contributed by atoms with Gasteiger partial charge in [-0.3, -0.25) is 0 Å². The first-order valence-electron chi connectivity index (χ1n) is 17.6. The summed E-state index contributed by atoms with van der Waals surface area (Å²) in [5.41, 5.74) is 0.972. The van der Waals surface area contributed by atoms with Crippen LogP contribution in [0.15, 0.2) is 54.6 Å². The van der Waals surface area contributed by atoms with Crippen LogP contribution in [0.5, 0.6) is 5.75 Å². The number of aliphatic hydroxyl groups is 7. The number of aliphatic hydroxyl groups excluding tert-OH is 7. The van der Waals surface area contributed by atoms with Crippen molar-refractivity contribution in [2.45, 2.75) is 145 Å². The lowest BCUT2D eigenvalue weighted by molar-refractivity contribution is -0.364. The van der Waals surface area contributed by atoms with Gasteiger partial charge >= 0.3 is 0 Å². The summed E-state index contributed by atoms with van der Waals surface area (Å²) < 4.78 is 41.6. The number of hydrogen-bond donors (Lipinski definition) is 8. The first kappa shape index (κ1) is 42.4. The van der Waals surface area contributed by atoms with Crippen molar-refractivity contribution >= 4 is 6.08 Å². The van der Waals surface area contributed by atoms with E-state index in [-0.39, 0.29) is 12.4 Å². The van der Waals surface area contributed by atoms with Gasteiger partial charge in [0.25, 0.3) is 0 Å². The molecule has 0 unspecified atom stereocenters. The van der Waals surface area contributed by atoms with Crippen molar-refractivity contribution in [1.82, 2.24) is 0 Å². The molecule has 1 aromatic rings. The lowest BCUT2D eigenvalue weighted by Gasteiger charge is -2.47. The van der Waals surface area contributed by atoms with Gasteiger partial charge in [-0.15, -0.1) is 6.58 Å². The molecule has 0 radical (unpaired) electrons. The van der Waals surface area contributed by atoms with Crippen molar-refractivity contribution in [3.63, 3.8) is 0 Å². The van der Waals surface area contributed by atoms with Crippen LogP contribution in [0.1, 0.15) is 53.0 Å². The smallest absolute Gasteiger partial charge is 0.187 e. The van der Waals surface area contributed by atoms with E-state index >= 15 is 0 Å². The standard InChI is InChI=1S/C37H56O15/c1-7-37(6,16-8-10-19(2)3)52-36-30(44)28(42)26(40)24(50-36)18-47-34-31(45)33(51-35-29(43)27(41)25(39)20(4)48-35)32(21(5)49-34)46-17-9-11-22-12-14-23(38)15-13-22/h7,9-15,20-21,24-36,38-45H,1,8,16-18H2,2-6H3/b11-9-/t20-,21-,24+,25-,26+,27+,28-,29+,30+,31+,32-,33-,34+,35-,36-,37+/m0/s1. The molecule has 3 aliphatic rings. The third-order valence-electron chi connectivity index (χ3n) is 9.54. The van der Waals surface area contributed by atoms with Crippen LogP contribution in [0.2, 0.25) is 0 Å². The molecule has 52 heavy (non-hydrogen) atoms. The second kappa shape index (κ2) is 18.8. The molecule has 15 nitrogen and oxygen atoms in total. The summed E-state index contributed by atoms with van der Waals surface area (Å²) in [5, 5.41) is 84.6. The summed E-state index contributed by atoms with van der Waals surface area (Å²) in [6.45, 7) is 12.3. The van der Waals surface area contributed by atoms with Gasteiger partial charge in [0, 0.05) is 0 Å². The Bertz CT molecular complexity index is 1320. The summed E-state index contributed by atoms with van der Waals surface area (Å²) in [5.74, 6) is 0.124. The maximum Gasteiger partial charge on any atom is 0.187 e. The van der Waals surface area contributed by atoms with Crippen LogP contribution in [0.4, 0.5) is 0 Å². The summed E-state index contributed by atoms with van der Waals surface area (Å²) in [6.07, 6.45) is -12.3. The first-order valence-corrected chi connectivity index (χ1v) is 17.6. The Hall–Kier alpha value is -2.32. The Balaban J connectivity index is 1.47. The van der Waals surface area contributed by atoms with E-state index in [1.54, 1.807) is 56.3 Å². The second-order valence-electron chi connectivity index (χ2n) is 14.1. The Kier molecular flexibility index (Phi) is 15.4. The Morgan fingerprint density at radius 3 is 2.06 bits per heavy atom. The maximum absolute atomic E-state index is 11.5. The van der Waals surface area contributed by atoms with Crippen molar-refractivity contribution in [3.8, 4) is 5.75 Å². The molecule has 0 aliphatic carbocycles. The number of benzene rings is 1. The van der Waals surface area contributed by atoms with Crippen molar-refractivity contribution in [1.29, 1.82) is 0 Å². The van der Waals surface area contributed by atoms with Gasteiger partial charge in [-0.2, -0.15) is 0 Å². The van der Waals surface area contributed by atoms with Gasteiger partial charge in [0.05, 0.1) is 31.0 Å². The van der Waals surface area contributed by atoms with Gasteiger partial charge in [0.15, 0.2) is 18.9 Å². The van der Waals surface area contributed by atoms with Crippen LogP contribution in [-0.2, 0) is 33.2 Å². The number of phenols is 1. The van der Waals surface area contributed by atoms with Gasteiger partial charge in [-0.1, -0.05) is 42.0 Å².